The molecule has 0 spiro atoms. The number of hydrogen-bond acceptors (Lipinski definition) is 5. The van der Waals surface area contributed by atoms with Crippen molar-refractivity contribution in [3.05, 3.63) is 111 Å². The first kappa shape index (κ1) is 27.0. The molecule has 0 amide bonds. The Kier molecular flexibility index (Phi) is 7.96. The number of esters is 1. The molecule has 0 heterocycles. The molecule has 0 saturated heterocycles. The standard InChI is InChI=1S/C30H31O5P/c1-8-26(31)35-17-25-19(3)16-22(6)28(23(25)7)30(33)36(34,24-12-10-9-11-13-24)29(32)27-20(4)14-18(2)15-21(27)5/h8-16H,1,17H2,2-7H3. The minimum absolute atomic E-state index is 0.0666. The molecule has 1 atom stereocenters. The molecule has 0 aromatic heterocycles. The fraction of sp³-hybridized carbons (Fsp3) is 0.233. The van der Waals surface area contributed by atoms with Crippen molar-refractivity contribution in [3.8, 4) is 0 Å². The van der Waals surface area contributed by atoms with Gasteiger partial charge in [-0.2, -0.15) is 0 Å². The van der Waals surface area contributed by atoms with E-state index in [0.29, 0.717) is 33.4 Å². The summed E-state index contributed by atoms with van der Waals surface area (Å²) < 4.78 is 20.1. The van der Waals surface area contributed by atoms with Crippen molar-refractivity contribution in [2.75, 3.05) is 0 Å². The van der Waals surface area contributed by atoms with Crippen molar-refractivity contribution >= 4 is 29.5 Å². The summed E-state index contributed by atoms with van der Waals surface area (Å²) in [6.45, 7) is 14.2. The molecular formula is C30H31O5P. The summed E-state index contributed by atoms with van der Waals surface area (Å²) in [4.78, 5) is 40.0. The molecule has 6 heteroatoms. The highest BCUT2D eigenvalue weighted by Crippen LogP contribution is 2.53. The Labute approximate surface area is 212 Å². The molecular weight excluding hydrogens is 471 g/mol. The van der Waals surface area contributed by atoms with Crippen LogP contribution in [0, 0.1) is 41.5 Å². The lowest BCUT2D eigenvalue weighted by Crippen LogP contribution is -2.23. The monoisotopic (exact) mass is 502 g/mol. The highest BCUT2D eigenvalue weighted by atomic mass is 31.2. The van der Waals surface area contributed by atoms with Gasteiger partial charge >= 0.3 is 5.97 Å². The molecule has 1 unspecified atom stereocenters. The van der Waals surface area contributed by atoms with Gasteiger partial charge in [0.2, 0.25) is 18.2 Å². The summed E-state index contributed by atoms with van der Waals surface area (Å²) >= 11 is 0. The van der Waals surface area contributed by atoms with E-state index in [2.05, 4.69) is 6.58 Å². The van der Waals surface area contributed by atoms with Crippen molar-refractivity contribution in [1.82, 2.24) is 0 Å². The minimum Gasteiger partial charge on any atom is -0.458 e. The lowest BCUT2D eigenvalue weighted by molar-refractivity contribution is -0.139. The maximum Gasteiger partial charge on any atom is 0.330 e. The number of ether oxygens (including phenoxy) is 1. The molecule has 3 aromatic rings. The average Bonchev–Trinajstić information content (AvgIpc) is 2.82. The van der Waals surface area contributed by atoms with E-state index >= 15 is 0 Å². The number of carbonyl (C=O) groups excluding carboxylic acids is 3. The van der Waals surface area contributed by atoms with Crippen molar-refractivity contribution in [2.24, 2.45) is 0 Å². The number of carbonyl (C=O) groups is 3. The molecule has 0 aliphatic heterocycles. The van der Waals surface area contributed by atoms with Crippen LogP contribution in [0.25, 0.3) is 0 Å². The third-order valence-electron chi connectivity index (χ3n) is 6.45. The molecule has 0 aliphatic carbocycles. The van der Waals surface area contributed by atoms with Crippen LogP contribution >= 0.6 is 7.14 Å². The molecule has 5 nitrogen and oxygen atoms in total. The van der Waals surface area contributed by atoms with Crippen molar-refractivity contribution in [3.63, 3.8) is 0 Å². The first-order valence-electron chi connectivity index (χ1n) is 11.7. The maximum atomic E-state index is 14.8. The SMILES string of the molecule is C=CC(=O)OCc1c(C)cc(C)c(C(=O)P(=O)(C(=O)c2c(C)cc(C)cc2C)c2ccccc2)c1C. The highest BCUT2D eigenvalue weighted by Gasteiger charge is 2.45. The van der Waals surface area contributed by atoms with Gasteiger partial charge in [-0.1, -0.05) is 60.7 Å². The molecule has 0 fully saturated rings. The van der Waals surface area contributed by atoms with E-state index in [-0.39, 0.29) is 17.5 Å². The van der Waals surface area contributed by atoms with Crippen molar-refractivity contribution in [1.29, 1.82) is 0 Å². The summed E-state index contributed by atoms with van der Waals surface area (Å²) in [6, 6.07) is 13.7. The Balaban J connectivity index is 2.27. The first-order chi connectivity index (χ1) is 16.9. The fourth-order valence-electron chi connectivity index (χ4n) is 4.78. The Hall–Kier alpha value is -3.56. The number of aryl methyl sites for hydroxylation is 5. The van der Waals surface area contributed by atoms with E-state index in [9.17, 15) is 18.9 Å². The van der Waals surface area contributed by atoms with Gasteiger partial charge in [0.15, 0.2) is 0 Å². The second-order valence-electron chi connectivity index (χ2n) is 9.13. The zero-order valence-corrected chi connectivity index (χ0v) is 22.5. The normalized spacial score (nSPS) is 12.5. The van der Waals surface area contributed by atoms with Crippen LogP contribution in [0.3, 0.4) is 0 Å². The number of benzene rings is 3. The summed E-state index contributed by atoms with van der Waals surface area (Å²) in [5.41, 5.74) is 4.07. The third kappa shape index (κ3) is 4.89. The molecule has 0 N–H and O–H groups in total. The van der Waals surface area contributed by atoms with Gasteiger partial charge in [0.25, 0.3) is 0 Å². The van der Waals surface area contributed by atoms with Crippen LogP contribution in [0.15, 0.2) is 61.2 Å². The van der Waals surface area contributed by atoms with Crippen molar-refractivity contribution < 1.29 is 23.7 Å². The van der Waals surface area contributed by atoms with Crippen LogP contribution in [0.1, 0.15) is 59.7 Å². The minimum atomic E-state index is -4.30. The molecule has 0 radical (unpaired) electrons. The van der Waals surface area contributed by atoms with Crippen molar-refractivity contribution in [2.45, 2.75) is 48.1 Å². The quantitative estimate of drug-likeness (QED) is 0.201. The molecule has 3 aromatic carbocycles. The molecule has 0 saturated carbocycles. The van der Waals surface area contributed by atoms with Crippen LogP contribution in [-0.2, 0) is 20.7 Å². The summed E-state index contributed by atoms with van der Waals surface area (Å²) in [7, 11) is -4.30. The molecule has 186 valence electrons. The zero-order chi connectivity index (χ0) is 26.8. The summed E-state index contributed by atoms with van der Waals surface area (Å²) in [5.74, 6) is -0.585. The van der Waals surface area contributed by atoms with Crippen LogP contribution in [-0.4, -0.2) is 17.0 Å². The average molecular weight is 503 g/mol. The van der Waals surface area contributed by atoms with E-state index < -0.39 is 24.2 Å². The number of hydrogen-bond donors (Lipinski definition) is 0. The second-order valence-corrected chi connectivity index (χ2v) is 11.7. The van der Waals surface area contributed by atoms with Crippen LogP contribution in [0.2, 0.25) is 0 Å². The fourth-order valence-corrected chi connectivity index (χ4v) is 7.35. The predicted molar refractivity (Wildman–Crippen MR) is 144 cm³/mol. The van der Waals surface area contributed by atoms with E-state index in [0.717, 1.165) is 17.2 Å². The molecule has 3 rings (SSSR count). The van der Waals surface area contributed by atoms with Gasteiger partial charge in [0.05, 0.1) is 0 Å². The van der Waals surface area contributed by atoms with Crippen LogP contribution in [0.5, 0.6) is 0 Å². The largest absolute Gasteiger partial charge is 0.458 e. The van der Waals surface area contributed by atoms with E-state index in [4.69, 9.17) is 4.74 Å². The van der Waals surface area contributed by atoms with E-state index in [1.807, 2.05) is 26.0 Å². The maximum absolute atomic E-state index is 14.8. The van der Waals surface area contributed by atoms with Crippen LogP contribution < -0.4 is 5.30 Å². The Morgan fingerprint density at radius 1 is 0.806 bits per heavy atom. The zero-order valence-electron chi connectivity index (χ0n) is 21.6. The Morgan fingerprint density at radius 2 is 1.33 bits per heavy atom. The highest BCUT2D eigenvalue weighted by molar-refractivity contribution is 8.01. The number of rotatable bonds is 8. The lowest BCUT2D eigenvalue weighted by Gasteiger charge is -2.22. The van der Waals surface area contributed by atoms with Crippen LogP contribution in [0.4, 0.5) is 0 Å². The van der Waals surface area contributed by atoms with Gasteiger partial charge in [-0.05, 0) is 74.9 Å². The predicted octanol–water partition coefficient (Wildman–Crippen LogP) is 6.44. The summed E-state index contributed by atoms with van der Waals surface area (Å²) in [5, 5.41) is 0.193. The van der Waals surface area contributed by atoms with E-state index in [1.165, 1.54) is 0 Å². The molecule has 0 aliphatic rings. The van der Waals surface area contributed by atoms with E-state index in [1.54, 1.807) is 64.1 Å². The van der Waals surface area contributed by atoms with Gasteiger partial charge in [-0.15, -0.1) is 0 Å². The lowest BCUT2D eigenvalue weighted by atomic mass is 9.94. The third-order valence-corrected chi connectivity index (χ3v) is 9.07. The van der Waals surface area contributed by atoms with Gasteiger partial charge < -0.3 is 9.30 Å². The van der Waals surface area contributed by atoms with Gasteiger partial charge in [0.1, 0.15) is 6.61 Å². The molecule has 0 bridgehead atoms. The summed E-state index contributed by atoms with van der Waals surface area (Å²) in [6.07, 6.45) is 1.07. The van der Waals surface area contributed by atoms with Gasteiger partial charge in [0, 0.05) is 22.5 Å². The van der Waals surface area contributed by atoms with Gasteiger partial charge in [-0.25, -0.2) is 4.79 Å². The Bertz CT molecular complexity index is 1410. The molecule has 36 heavy (non-hydrogen) atoms. The van der Waals surface area contributed by atoms with Gasteiger partial charge in [-0.3, -0.25) is 9.59 Å². The first-order valence-corrected chi connectivity index (χ1v) is 13.4. The Morgan fingerprint density at radius 3 is 1.89 bits per heavy atom. The topological polar surface area (TPSA) is 77.5 Å². The second kappa shape index (κ2) is 10.6. The smallest absolute Gasteiger partial charge is 0.330 e.